The monoisotopic (exact) mass is 509 g/mol. The smallest absolute Gasteiger partial charge is 0.419 e. The van der Waals surface area contributed by atoms with E-state index in [0.29, 0.717) is 23.8 Å². The zero-order valence-corrected chi connectivity index (χ0v) is 18.9. The third-order valence-corrected chi connectivity index (χ3v) is 5.27. The van der Waals surface area contributed by atoms with Gasteiger partial charge in [0.1, 0.15) is 11.4 Å². The Kier molecular flexibility index (Phi) is 7.32. The fourth-order valence-electron chi connectivity index (χ4n) is 3.56. The number of imide groups is 1. The number of oxazole rings is 1. The molecule has 1 heterocycles. The Labute approximate surface area is 200 Å². The molecular formula is C23H19F4N3O6. The summed E-state index contributed by atoms with van der Waals surface area (Å²) in [4.78, 5) is 49.4. The lowest BCUT2D eigenvalue weighted by Gasteiger charge is -2.21. The summed E-state index contributed by atoms with van der Waals surface area (Å²) in [5.74, 6) is -5.39. The van der Waals surface area contributed by atoms with E-state index >= 15 is 0 Å². The predicted octanol–water partition coefficient (Wildman–Crippen LogP) is 3.36. The molecule has 190 valence electrons. The minimum Gasteiger partial charge on any atom is -0.477 e. The van der Waals surface area contributed by atoms with Crippen LogP contribution < -0.4 is 10.7 Å². The van der Waals surface area contributed by atoms with E-state index in [0.717, 1.165) is 18.3 Å². The Balaban J connectivity index is 1.95. The number of amides is 2. The quantitative estimate of drug-likeness (QED) is 0.163. The molecule has 0 aliphatic carbocycles. The number of anilines is 1. The number of nitrogens with zero attached hydrogens (tertiary/aromatic N) is 3. The van der Waals surface area contributed by atoms with E-state index in [1.54, 1.807) is 13.0 Å². The second-order valence-electron chi connectivity index (χ2n) is 7.53. The molecule has 0 atom stereocenters. The summed E-state index contributed by atoms with van der Waals surface area (Å²) in [6.07, 6.45) is -4.40. The van der Waals surface area contributed by atoms with Crippen LogP contribution in [0.25, 0.3) is 11.1 Å². The number of hydrogen-bond acceptors (Lipinski definition) is 6. The SMILES string of the molecule is CCn1c(=O)oc2cc(N(C)/C=C(/C(=O)O)C(=O)N(C=O)Cc3cccc(F)c3C(F)(F)F)ccc21. The van der Waals surface area contributed by atoms with Gasteiger partial charge in [0.25, 0.3) is 5.91 Å². The van der Waals surface area contributed by atoms with Gasteiger partial charge in [-0.15, -0.1) is 0 Å². The van der Waals surface area contributed by atoms with E-state index < -0.39 is 52.9 Å². The highest BCUT2D eigenvalue weighted by molar-refractivity contribution is 6.18. The van der Waals surface area contributed by atoms with Crippen LogP contribution >= 0.6 is 0 Å². The van der Waals surface area contributed by atoms with Gasteiger partial charge in [-0.25, -0.2) is 14.0 Å². The number of benzene rings is 2. The molecule has 1 N–H and O–H groups in total. The van der Waals surface area contributed by atoms with E-state index in [4.69, 9.17) is 4.42 Å². The van der Waals surface area contributed by atoms with Crippen molar-refractivity contribution in [2.24, 2.45) is 0 Å². The molecule has 0 saturated carbocycles. The number of carboxylic acid groups (broad SMARTS) is 1. The molecule has 0 radical (unpaired) electrons. The van der Waals surface area contributed by atoms with E-state index in [1.807, 2.05) is 0 Å². The molecule has 2 amide bonds. The van der Waals surface area contributed by atoms with Crippen LogP contribution in [-0.2, 0) is 33.6 Å². The highest BCUT2D eigenvalue weighted by atomic mass is 19.4. The molecule has 0 saturated heterocycles. The first-order valence-electron chi connectivity index (χ1n) is 10.3. The number of halogens is 4. The van der Waals surface area contributed by atoms with Crippen LogP contribution in [0.15, 0.2) is 57.4 Å². The van der Waals surface area contributed by atoms with Crippen molar-refractivity contribution >= 4 is 35.1 Å². The van der Waals surface area contributed by atoms with Gasteiger partial charge in [-0.1, -0.05) is 12.1 Å². The van der Waals surface area contributed by atoms with Crippen LogP contribution in [0.2, 0.25) is 0 Å². The van der Waals surface area contributed by atoms with Gasteiger partial charge in [0.05, 0.1) is 17.6 Å². The standard InChI is InChI=1S/C23H19F4N3O6/c1-3-30-17-8-7-14(9-18(17)36-22(30)35)28(2)11-15(21(33)34)20(32)29(12-31)10-13-5-4-6-16(24)19(13)23(25,26)27/h4-9,11-12H,3,10H2,1-2H3,(H,33,34)/b15-11+. The molecule has 1 aromatic heterocycles. The number of carboxylic acids is 1. The first kappa shape index (κ1) is 26.2. The highest BCUT2D eigenvalue weighted by Gasteiger charge is 2.37. The van der Waals surface area contributed by atoms with Gasteiger partial charge in [-0.2, -0.15) is 13.2 Å². The van der Waals surface area contributed by atoms with Crippen LogP contribution in [-0.4, -0.2) is 39.9 Å². The molecule has 3 aromatic rings. The van der Waals surface area contributed by atoms with Crippen molar-refractivity contribution in [3.05, 3.63) is 75.7 Å². The average molecular weight is 509 g/mol. The fourth-order valence-corrected chi connectivity index (χ4v) is 3.56. The molecule has 36 heavy (non-hydrogen) atoms. The van der Waals surface area contributed by atoms with Crippen LogP contribution in [0.5, 0.6) is 0 Å². The number of fused-ring (bicyclic) bond motifs is 1. The normalized spacial score (nSPS) is 12.0. The second kappa shape index (κ2) is 10.1. The number of carbonyl (C=O) groups excluding carboxylic acids is 2. The number of aliphatic carboxylic acids is 1. The fraction of sp³-hybridized carbons (Fsp3) is 0.217. The van der Waals surface area contributed by atoms with Crippen molar-refractivity contribution in [1.29, 1.82) is 0 Å². The van der Waals surface area contributed by atoms with Crippen molar-refractivity contribution in [2.75, 3.05) is 11.9 Å². The van der Waals surface area contributed by atoms with Crippen LogP contribution in [0.3, 0.4) is 0 Å². The van der Waals surface area contributed by atoms with Crippen molar-refractivity contribution in [2.45, 2.75) is 26.2 Å². The summed E-state index contributed by atoms with van der Waals surface area (Å²) in [6.45, 7) is 1.07. The summed E-state index contributed by atoms with van der Waals surface area (Å²) in [5.41, 5.74) is -2.38. The van der Waals surface area contributed by atoms with E-state index in [1.165, 1.54) is 28.6 Å². The molecule has 0 spiro atoms. The molecule has 2 aromatic carbocycles. The average Bonchev–Trinajstić information content (AvgIpc) is 3.13. The third kappa shape index (κ3) is 5.14. The number of carbonyl (C=O) groups is 3. The topological polar surface area (TPSA) is 113 Å². The van der Waals surface area contributed by atoms with E-state index in [2.05, 4.69) is 0 Å². The minimum absolute atomic E-state index is 0.141. The van der Waals surface area contributed by atoms with Crippen LogP contribution in [0, 0.1) is 5.82 Å². The highest BCUT2D eigenvalue weighted by Crippen LogP contribution is 2.34. The zero-order chi connectivity index (χ0) is 26.8. The van der Waals surface area contributed by atoms with E-state index in [-0.39, 0.29) is 16.9 Å². The molecule has 0 unspecified atom stereocenters. The molecule has 0 fully saturated rings. The number of hydrogen-bond donors (Lipinski definition) is 1. The van der Waals surface area contributed by atoms with Gasteiger partial charge < -0.3 is 14.4 Å². The van der Waals surface area contributed by atoms with Crippen molar-refractivity contribution in [3.8, 4) is 0 Å². The number of aryl methyl sites for hydroxylation is 1. The number of alkyl halides is 3. The molecule has 13 heteroatoms. The summed E-state index contributed by atoms with van der Waals surface area (Å²) >= 11 is 0. The lowest BCUT2D eigenvalue weighted by atomic mass is 10.1. The Morgan fingerprint density at radius 1 is 1.19 bits per heavy atom. The van der Waals surface area contributed by atoms with Crippen molar-refractivity contribution < 1.29 is 41.5 Å². The third-order valence-electron chi connectivity index (χ3n) is 5.27. The molecule has 0 aliphatic rings. The van der Waals surface area contributed by atoms with Gasteiger partial charge in [-0.05, 0) is 30.7 Å². The molecule has 0 aliphatic heterocycles. The Morgan fingerprint density at radius 3 is 2.47 bits per heavy atom. The summed E-state index contributed by atoms with van der Waals surface area (Å²) in [6, 6.07) is 6.90. The van der Waals surface area contributed by atoms with Gasteiger partial charge in [0, 0.05) is 31.5 Å². The van der Waals surface area contributed by atoms with Gasteiger partial charge in [0.15, 0.2) is 5.58 Å². The maximum Gasteiger partial charge on any atom is 0.419 e. The number of aromatic nitrogens is 1. The van der Waals surface area contributed by atoms with Gasteiger partial charge in [0.2, 0.25) is 6.41 Å². The summed E-state index contributed by atoms with van der Waals surface area (Å²) in [7, 11) is 1.37. The molecule has 3 rings (SSSR count). The Hall–Kier alpha value is -4.42. The predicted molar refractivity (Wildman–Crippen MR) is 118 cm³/mol. The minimum atomic E-state index is -5.12. The zero-order valence-electron chi connectivity index (χ0n) is 18.9. The maximum atomic E-state index is 13.9. The van der Waals surface area contributed by atoms with E-state index in [9.17, 15) is 41.8 Å². The first-order chi connectivity index (χ1) is 16.9. The second-order valence-corrected chi connectivity index (χ2v) is 7.53. The van der Waals surface area contributed by atoms with Gasteiger partial charge in [-0.3, -0.25) is 19.1 Å². The summed E-state index contributed by atoms with van der Waals surface area (Å²) < 4.78 is 60.3. The Morgan fingerprint density at radius 2 is 1.89 bits per heavy atom. The lowest BCUT2D eigenvalue weighted by molar-refractivity contribution is -0.144. The molecular weight excluding hydrogens is 490 g/mol. The molecule has 0 bridgehead atoms. The Bertz CT molecular complexity index is 1420. The maximum absolute atomic E-state index is 13.9. The lowest BCUT2D eigenvalue weighted by Crippen LogP contribution is -2.34. The van der Waals surface area contributed by atoms with Crippen molar-refractivity contribution in [1.82, 2.24) is 9.47 Å². The van der Waals surface area contributed by atoms with Crippen LogP contribution in [0.1, 0.15) is 18.1 Å². The number of rotatable bonds is 8. The van der Waals surface area contributed by atoms with Crippen molar-refractivity contribution in [3.63, 3.8) is 0 Å². The first-order valence-corrected chi connectivity index (χ1v) is 10.3. The van der Waals surface area contributed by atoms with Crippen LogP contribution in [0.4, 0.5) is 23.2 Å². The summed E-state index contributed by atoms with van der Waals surface area (Å²) in [5, 5.41) is 9.56. The largest absolute Gasteiger partial charge is 0.477 e. The van der Waals surface area contributed by atoms with Gasteiger partial charge >= 0.3 is 17.9 Å². The molecule has 9 nitrogen and oxygen atoms in total.